The molecule has 1 amide bonds. The Morgan fingerprint density at radius 2 is 1.68 bits per heavy atom. The molecule has 1 N–H and O–H groups in total. The number of sulfonamides is 1. The minimum atomic E-state index is -3.81. The van der Waals surface area contributed by atoms with E-state index in [1.54, 1.807) is 47.4 Å². The molecule has 3 aromatic rings. The van der Waals surface area contributed by atoms with Gasteiger partial charge in [0.1, 0.15) is 5.76 Å². The Kier molecular flexibility index (Phi) is 7.41. The van der Waals surface area contributed by atoms with Gasteiger partial charge in [-0.1, -0.05) is 30.3 Å². The maximum atomic E-state index is 13.1. The van der Waals surface area contributed by atoms with E-state index >= 15 is 0 Å². The van der Waals surface area contributed by atoms with Crippen LogP contribution in [-0.2, 0) is 30.8 Å². The third kappa shape index (κ3) is 5.71. The fourth-order valence-corrected chi connectivity index (χ4v) is 4.44. The van der Waals surface area contributed by atoms with Gasteiger partial charge < -0.3 is 18.8 Å². The number of carbonyl (C=O) groups excluding carboxylic acids is 2. The summed E-state index contributed by atoms with van der Waals surface area (Å²) in [6, 6.07) is 17.4. The highest BCUT2D eigenvalue weighted by atomic mass is 32.2. The molecule has 1 saturated heterocycles. The molecule has 0 spiro atoms. The van der Waals surface area contributed by atoms with Crippen molar-refractivity contribution in [3.63, 3.8) is 0 Å². The van der Waals surface area contributed by atoms with Crippen molar-refractivity contribution in [2.24, 2.45) is 0 Å². The van der Waals surface area contributed by atoms with Crippen molar-refractivity contribution in [1.82, 2.24) is 9.62 Å². The largest absolute Gasteiger partial charge is 0.468 e. The van der Waals surface area contributed by atoms with Crippen molar-refractivity contribution >= 4 is 21.9 Å². The summed E-state index contributed by atoms with van der Waals surface area (Å²) in [4.78, 5) is 27.6. The van der Waals surface area contributed by atoms with Gasteiger partial charge in [-0.25, -0.2) is 17.9 Å². The summed E-state index contributed by atoms with van der Waals surface area (Å²) < 4.78 is 43.5. The van der Waals surface area contributed by atoms with Crippen LogP contribution in [0, 0.1) is 0 Å². The predicted octanol–water partition coefficient (Wildman–Crippen LogP) is 2.51. The van der Waals surface area contributed by atoms with Gasteiger partial charge in [-0.15, -0.1) is 0 Å². The first-order chi connectivity index (χ1) is 16.4. The van der Waals surface area contributed by atoms with Gasteiger partial charge in [0, 0.05) is 18.7 Å². The molecule has 9 nitrogen and oxygen atoms in total. The van der Waals surface area contributed by atoms with Crippen molar-refractivity contribution in [2.75, 3.05) is 26.3 Å². The maximum absolute atomic E-state index is 13.1. The molecule has 2 heterocycles. The van der Waals surface area contributed by atoms with Gasteiger partial charge >= 0.3 is 5.97 Å². The number of rotatable bonds is 8. The van der Waals surface area contributed by atoms with Crippen LogP contribution in [0.15, 0.2) is 82.3 Å². The number of esters is 1. The highest BCUT2D eigenvalue weighted by Crippen LogP contribution is 2.23. The van der Waals surface area contributed by atoms with Crippen LogP contribution in [0.25, 0.3) is 0 Å². The van der Waals surface area contributed by atoms with Gasteiger partial charge in [-0.05, 0) is 36.4 Å². The van der Waals surface area contributed by atoms with Crippen LogP contribution in [-0.4, -0.2) is 51.5 Å². The summed E-state index contributed by atoms with van der Waals surface area (Å²) in [6.45, 7) is 1.67. The van der Waals surface area contributed by atoms with Crippen molar-refractivity contribution in [3.8, 4) is 0 Å². The summed E-state index contributed by atoms with van der Waals surface area (Å²) in [7, 11) is -3.81. The molecule has 4 rings (SSSR count). The number of nitrogens with one attached hydrogen (secondary N) is 1. The van der Waals surface area contributed by atoms with Gasteiger partial charge in [0.15, 0.2) is 0 Å². The van der Waals surface area contributed by atoms with Gasteiger partial charge in [-0.3, -0.25) is 4.79 Å². The summed E-state index contributed by atoms with van der Waals surface area (Å²) in [6.07, 6.45) is 0.335. The van der Waals surface area contributed by atoms with Crippen LogP contribution in [0.1, 0.15) is 27.8 Å². The minimum Gasteiger partial charge on any atom is -0.468 e. The fraction of sp³-hybridized carbons (Fsp3) is 0.250. The Balaban J connectivity index is 1.47. The number of morpholine rings is 1. The smallest absolute Gasteiger partial charge is 0.339 e. The monoisotopic (exact) mass is 484 g/mol. The average molecular weight is 485 g/mol. The number of hydrogen-bond acceptors (Lipinski definition) is 7. The number of hydrogen-bond donors (Lipinski definition) is 1. The molecule has 0 aliphatic carbocycles. The Morgan fingerprint density at radius 3 is 2.32 bits per heavy atom. The first-order valence-electron chi connectivity index (χ1n) is 10.7. The lowest BCUT2D eigenvalue weighted by atomic mass is 10.1. The van der Waals surface area contributed by atoms with E-state index < -0.39 is 22.1 Å². The van der Waals surface area contributed by atoms with Crippen LogP contribution < -0.4 is 4.72 Å². The highest BCUT2D eigenvalue weighted by molar-refractivity contribution is 7.89. The molecule has 0 bridgehead atoms. The first-order valence-corrected chi connectivity index (χ1v) is 12.2. The second-order valence-electron chi connectivity index (χ2n) is 7.56. The number of amides is 1. The lowest BCUT2D eigenvalue weighted by Gasteiger charge is -2.30. The summed E-state index contributed by atoms with van der Waals surface area (Å²) in [5.74, 6) is -0.590. The SMILES string of the molecule is O=C(OC(C(=O)N1CCOCC1)c1ccccc1)c1ccc(S(=O)(=O)NCc2ccco2)cc1. The van der Waals surface area contributed by atoms with Crippen molar-refractivity contribution in [2.45, 2.75) is 17.5 Å². The molecule has 2 aromatic carbocycles. The van der Waals surface area contributed by atoms with E-state index in [-0.39, 0.29) is 22.9 Å². The molecule has 1 aliphatic rings. The van der Waals surface area contributed by atoms with Crippen LogP contribution in [0.4, 0.5) is 0 Å². The quantitative estimate of drug-likeness (QED) is 0.489. The van der Waals surface area contributed by atoms with E-state index in [1.165, 1.54) is 30.5 Å². The molecule has 1 atom stereocenters. The van der Waals surface area contributed by atoms with E-state index in [4.69, 9.17) is 13.9 Å². The summed E-state index contributed by atoms with van der Waals surface area (Å²) in [5, 5.41) is 0. The summed E-state index contributed by atoms with van der Waals surface area (Å²) >= 11 is 0. The van der Waals surface area contributed by atoms with E-state index in [2.05, 4.69) is 4.72 Å². The zero-order valence-electron chi connectivity index (χ0n) is 18.3. The maximum Gasteiger partial charge on any atom is 0.339 e. The molecule has 1 unspecified atom stereocenters. The molecular formula is C24H24N2O7S. The number of benzene rings is 2. The normalized spacial score (nSPS) is 15.0. The second kappa shape index (κ2) is 10.6. The molecule has 178 valence electrons. The first kappa shape index (κ1) is 23.7. The molecule has 0 radical (unpaired) electrons. The number of nitrogens with zero attached hydrogens (tertiary/aromatic N) is 1. The van der Waals surface area contributed by atoms with E-state index in [1.807, 2.05) is 0 Å². The van der Waals surface area contributed by atoms with Gasteiger partial charge in [-0.2, -0.15) is 0 Å². The Morgan fingerprint density at radius 1 is 0.971 bits per heavy atom. The van der Waals surface area contributed by atoms with Crippen molar-refractivity contribution in [1.29, 1.82) is 0 Å². The molecule has 1 fully saturated rings. The Labute approximate surface area is 197 Å². The third-order valence-corrected chi connectivity index (χ3v) is 6.71. The van der Waals surface area contributed by atoms with Gasteiger partial charge in [0.05, 0.1) is 36.5 Å². The molecule has 0 saturated carbocycles. The van der Waals surface area contributed by atoms with Crippen molar-refractivity contribution in [3.05, 3.63) is 89.9 Å². The molecule has 34 heavy (non-hydrogen) atoms. The molecular weight excluding hydrogens is 460 g/mol. The minimum absolute atomic E-state index is 0.00152. The standard InChI is InChI=1S/C24H24N2O7S/c27-23(26-12-15-31-16-13-26)22(18-5-2-1-3-6-18)33-24(28)19-8-10-21(11-9-19)34(29,30)25-17-20-7-4-14-32-20/h1-11,14,22,25H,12-13,15-17H2. The van der Waals surface area contributed by atoms with Crippen LogP contribution in [0.2, 0.25) is 0 Å². The Hall–Kier alpha value is -3.47. The zero-order valence-corrected chi connectivity index (χ0v) is 19.1. The molecule has 1 aliphatic heterocycles. The van der Waals surface area contributed by atoms with E-state index in [0.29, 0.717) is 37.6 Å². The highest BCUT2D eigenvalue weighted by Gasteiger charge is 2.31. The van der Waals surface area contributed by atoms with Crippen molar-refractivity contribution < 1.29 is 31.9 Å². The molecule has 1 aromatic heterocycles. The summed E-state index contributed by atoms with van der Waals surface area (Å²) in [5.41, 5.74) is 0.675. The van der Waals surface area contributed by atoms with Gasteiger partial charge in [0.2, 0.25) is 16.1 Å². The predicted molar refractivity (Wildman–Crippen MR) is 121 cm³/mol. The topological polar surface area (TPSA) is 115 Å². The number of furan rings is 1. The lowest BCUT2D eigenvalue weighted by molar-refractivity contribution is -0.145. The lowest BCUT2D eigenvalue weighted by Crippen LogP contribution is -2.44. The average Bonchev–Trinajstić information content (AvgIpc) is 3.41. The van der Waals surface area contributed by atoms with Gasteiger partial charge in [0.25, 0.3) is 5.91 Å². The van der Waals surface area contributed by atoms with E-state index in [9.17, 15) is 18.0 Å². The molecule has 10 heteroatoms. The number of carbonyl (C=O) groups is 2. The van der Waals surface area contributed by atoms with Crippen LogP contribution in [0.3, 0.4) is 0 Å². The second-order valence-corrected chi connectivity index (χ2v) is 9.33. The number of ether oxygens (including phenoxy) is 2. The Bertz CT molecular complexity index is 1200. The fourth-order valence-electron chi connectivity index (χ4n) is 3.45. The third-order valence-electron chi connectivity index (χ3n) is 5.29. The van der Waals surface area contributed by atoms with E-state index in [0.717, 1.165) is 0 Å². The zero-order chi connectivity index (χ0) is 24.0. The van der Waals surface area contributed by atoms with Crippen LogP contribution in [0.5, 0.6) is 0 Å². The van der Waals surface area contributed by atoms with Crippen LogP contribution >= 0.6 is 0 Å².